The van der Waals surface area contributed by atoms with E-state index in [9.17, 15) is 0 Å². The van der Waals surface area contributed by atoms with Crippen LogP contribution in [0.2, 0.25) is 0 Å². The number of nitrogens with one attached hydrogen (secondary N) is 2. The number of ether oxygens (including phenoxy) is 1. The van der Waals surface area contributed by atoms with Gasteiger partial charge in [-0.15, -0.1) is 0 Å². The molecule has 0 bridgehead atoms. The van der Waals surface area contributed by atoms with E-state index >= 15 is 0 Å². The van der Waals surface area contributed by atoms with Gasteiger partial charge in [-0.05, 0) is 53.5 Å². The van der Waals surface area contributed by atoms with Gasteiger partial charge < -0.3 is 15.0 Å². The zero-order valence-corrected chi connectivity index (χ0v) is 16.5. The number of thioether (sulfide) groups is 1. The number of aromatic amines is 1. The summed E-state index contributed by atoms with van der Waals surface area (Å²) in [5, 5.41) is 5.00. The summed E-state index contributed by atoms with van der Waals surface area (Å²) in [5.74, 6) is 3.16. The Morgan fingerprint density at radius 2 is 1.96 bits per heavy atom. The zero-order valence-electron chi connectivity index (χ0n) is 15.7. The van der Waals surface area contributed by atoms with Gasteiger partial charge in [0.1, 0.15) is 5.75 Å². The molecule has 0 aliphatic carbocycles. The van der Waals surface area contributed by atoms with Crippen LogP contribution in [0.5, 0.6) is 5.75 Å². The summed E-state index contributed by atoms with van der Waals surface area (Å²) in [4.78, 5) is 3.37. The van der Waals surface area contributed by atoms with Crippen LogP contribution in [-0.4, -0.2) is 30.4 Å². The van der Waals surface area contributed by atoms with Crippen molar-refractivity contribution < 1.29 is 4.74 Å². The second-order valence-corrected chi connectivity index (χ2v) is 8.07. The molecule has 3 aromatic rings. The van der Waals surface area contributed by atoms with Crippen molar-refractivity contribution in [3.63, 3.8) is 0 Å². The first-order valence-corrected chi connectivity index (χ1v) is 10.7. The first kappa shape index (κ1) is 18.2. The van der Waals surface area contributed by atoms with E-state index in [-0.39, 0.29) is 0 Å². The largest absolute Gasteiger partial charge is 0.497 e. The SMILES string of the molecule is COc1ccc(C2=CCNC(CCSCc3c[nH]c4ccccc34)C2)cc1. The molecule has 1 aromatic heterocycles. The number of para-hydroxylation sites is 1. The molecule has 1 aliphatic rings. The number of methoxy groups -OCH3 is 1. The van der Waals surface area contributed by atoms with Crippen molar-refractivity contribution in [1.29, 1.82) is 0 Å². The number of aromatic nitrogens is 1. The van der Waals surface area contributed by atoms with Gasteiger partial charge in [-0.25, -0.2) is 0 Å². The zero-order chi connectivity index (χ0) is 18.5. The van der Waals surface area contributed by atoms with Crippen molar-refractivity contribution in [1.82, 2.24) is 10.3 Å². The molecule has 0 fully saturated rings. The van der Waals surface area contributed by atoms with E-state index in [1.807, 2.05) is 23.9 Å². The Balaban J connectivity index is 1.27. The smallest absolute Gasteiger partial charge is 0.118 e. The van der Waals surface area contributed by atoms with Crippen LogP contribution in [-0.2, 0) is 5.75 Å². The normalized spacial score (nSPS) is 17.1. The van der Waals surface area contributed by atoms with E-state index in [1.54, 1.807) is 7.11 Å². The summed E-state index contributed by atoms with van der Waals surface area (Å²) in [6.07, 6.45) is 6.76. The molecule has 0 radical (unpaired) electrons. The van der Waals surface area contributed by atoms with Crippen LogP contribution in [0.25, 0.3) is 16.5 Å². The molecule has 2 N–H and O–H groups in total. The Kier molecular flexibility index (Phi) is 5.85. The highest BCUT2D eigenvalue weighted by Crippen LogP contribution is 2.27. The van der Waals surface area contributed by atoms with Crippen molar-refractivity contribution in [2.75, 3.05) is 19.4 Å². The van der Waals surface area contributed by atoms with Crippen LogP contribution in [0.3, 0.4) is 0 Å². The highest BCUT2D eigenvalue weighted by molar-refractivity contribution is 7.98. The lowest BCUT2D eigenvalue weighted by molar-refractivity contribution is 0.414. The molecular formula is C23H26N2OS. The maximum absolute atomic E-state index is 5.26. The third-order valence-electron chi connectivity index (χ3n) is 5.23. The summed E-state index contributed by atoms with van der Waals surface area (Å²) >= 11 is 2.03. The van der Waals surface area contributed by atoms with E-state index < -0.39 is 0 Å². The van der Waals surface area contributed by atoms with Crippen LogP contribution in [0.1, 0.15) is 24.0 Å². The Morgan fingerprint density at radius 1 is 1.11 bits per heavy atom. The predicted octanol–water partition coefficient (Wildman–Crippen LogP) is 5.25. The average Bonchev–Trinajstić information content (AvgIpc) is 3.15. The highest BCUT2D eigenvalue weighted by Gasteiger charge is 2.16. The minimum absolute atomic E-state index is 0.558. The van der Waals surface area contributed by atoms with Crippen molar-refractivity contribution in [2.45, 2.75) is 24.6 Å². The van der Waals surface area contributed by atoms with Crippen LogP contribution >= 0.6 is 11.8 Å². The maximum atomic E-state index is 5.26. The number of H-pyrrole nitrogens is 1. The first-order valence-electron chi connectivity index (χ1n) is 9.53. The molecule has 1 unspecified atom stereocenters. The molecule has 2 aromatic carbocycles. The van der Waals surface area contributed by atoms with Gasteiger partial charge in [-0.3, -0.25) is 0 Å². The van der Waals surface area contributed by atoms with E-state index in [4.69, 9.17) is 4.74 Å². The highest BCUT2D eigenvalue weighted by atomic mass is 32.2. The molecule has 1 atom stereocenters. The van der Waals surface area contributed by atoms with Crippen molar-refractivity contribution in [3.05, 3.63) is 71.9 Å². The molecule has 2 heterocycles. The fourth-order valence-corrected chi connectivity index (χ4v) is 4.73. The quantitative estimate of drug-likeness (QED) is 0.552. The van der Waals surface area contributed by atoms with Crippen molar-refractivity contribution in [3.8, 4) is 5.75 Å². The van der Waals surface area contributed by atoms with Gasteiger partial charge in [0.15, 0.2) is 0 Å². The molecule has 27 heavy (non-hydrogen) atoms. The first-order chi connectivity index (χ1) is 13.3. The van der Waals surface area contributed by atoms with Crippen LogP contribution in [0, 0.1) is 0 Å². The van der Waals surface area contributed by atoms with E-state index in [1.165, 1.54) is 39.8 Å². The summed E-state index contributed by atoms with van der Waals surface area (Å²) < 4.78 is 5.26. The predicted molar refractivity (Wildman–Crippen MR) is 116 cm³/mol. The Labute approximate surface area is 165 Å². The lowest BCUT2D eigenvalue weighted by atomic mass is 9.94. The Morgan fingerprint density at radius 3 is 2.81 bits per heavy atom. The fourth-order valence-electron chi connectivity index (χ4n) is 3.67. The minimum atomic E-state index is 0.558. The molecule has 3 nitrogen and oxygen atoms in total. The summed E-state index contributed by atoms with van der Waals surface area (Å²) in [6, 6.07) is 17.5. The van der Waals surface area contributed by atoms with Crippen molar-refractivity contribution >= 4 is 28.2 Å². The Hall–Kier alpha value is -2.17. The average molecular weight is 379 g/mol. The minimum Gasteiger partial charge on any atom is -0.497 e. The van der Waals surface area contributed by atoms with Crippen LogP contribution < -0.4 is 10.1 Å². The molecule has 140 valence electrons. The molecule has 0 spiro atoms. The third-order valence-corrected chi connectivity index (χ3v) is 6.26. The van der Waals surface area contributed by atoms with E-state index in [0.717, 1.165) is 24.5 Å². The van der Waals surface area contributed by atoms with Gasteiger partial charge in [0.25, 0.3) is 0 Å². The molecule has 0 saturated carbocycles. The van der Waals surface area contributed by atoms with Crippen LogP contribution in [0.4, 0.5) is 0 Å². The molecule has 4 heteroatoms. The van der Waals surface area contributed by atoms with Gasteiger partial charge in [-0.2, -0.15) is 11.8 Å². The topological polar surface area (TPSA) is 37.0 Å². The number of hydrogen-bond donors (Lipinski definition) is 2. The standard InChI is InChI=1S/C23H26N2OS/c1-26-21-8-6-17(7-9-21)18-10-12-24-20(14-18)11-13-27-16-19-15-25-23-5-3-2-4-22(19)23/h2-10,15,20,24-25H,11-14,16H2,1H3. The van der Waals surface area contributed by atoms with Gasteiger partial charge in [-0.1, -0.05) is 36.4 Å². The van der Waals surface area contributed by atoms with Gasteiger partial charge in [0.05, 0.1) is 7.11 Å². The molecule has 0 amide bonds. The monoisotopic (exact) mass is 378 g/mol. The number of rotatable bonds is 7. The molecular weight excluding hydrogens is 352 g/mol. The summed E-state index contributed by atoms with van der Waals surface area (Å²) in [5.41, 5.74) is 5.40. The summed E-state index contributed by atoms with van der Waals surface area (Å²) in [7, 11) is 1.71. The van der Waals surface area contributed by atoms with Crippen LogP contribution in [0.15, 0.2) is 60.8 Å². The lowest BCUT2D eigenvalue weighted by Gasteiger charge is -2.24. The van der Waals surface area contributed by atoms with Gasteiger partial charge in [0.2, 0.25) is 0 Å². The van der Waals surface area contributed by atoms with Crippen molar-refractivity contribution in [2.24, 2.45) is 0 Å². The van der Waals surface area contributed by atoms with E-state index in [0.29, 0.717) is 6.04 Å². The molecule has 0 saturated heterocycles. The second-order valence-electron chi connectivity index (χ2n) is 6.97. The Bertz CT molecular complexity index is 914. The maximum Gasteiger partial charge on any atom is 0.118 e. The fraction of sp³-hybridized carbons (Fsp3) is 0.304. The second kappa shape index (κ2) is 8.68. The molecule has 1 aliphatic heterocycles. The van der Waals surface area contributed by atoms with E-state index in [2.05, 4.69) is 59.0 Å². The lowest BCUT2D eigenvalue weighted by Crippen LogP contribution is -2.33. The van der Waals surface area contributed by atoms with Gasteiger partial charge >= 0.3 is 0 Å². The number of benzene rings is 2. The van der Waals surface area contributed by atoms with Gasteiger partial charge in [0, 0.05) is 35.4 Å². The molecule has 4 rings (SSSR count). The summed E-state index contributed by atoms with van der Waals surface area (Å²) in [6.45, 7) is 0.957. The number of hydrogen-bond acceptors (Lipinski definition) is 3. The third kappa shape index (κ3) is 4.40. The number of fused-ring (bicyclic) bond motifs is 1.